The van der Waals surface area contributed by atoms with Crippen LogP contribution in [-0.4, -0.2) is 23.5 Å². The van der Waals surface area contributed by atoms with Gasteiger partial charge in [0.05, 0.1) is 18.4 Å². The summed E-state index contributed by atoms with van der Waals surface area (Å²) in [6.45, 7) is 2.59. The van der Waals surface area contributed by atoms with Gasteiger partial charge in [0.15, 0.2) is 5.76 Å². The molecular formula is C24H26N2O3. The highest BCUT2D eigenvalue weighted by Gasteiger charge is 2.20. The van der Waals surface area contributed by atoms with Gasteiger partial charge >= 0.3 is 0 Å². The first-order valence-electron chi connectivity index (χ1n) is 10.3. The van der Waals surface area contributed by atoms with Gasteiger partial charge in [-0.05, 0) is 56.2 Å². The van der Waals surface area contributed by atoms with Gasteiger partial charge < -0.3 is 14.5 Å². The zero-order valence-corrected chi connectivity index (χ0v) is 16.7. The van der Waals surface area contributed by atoms with Gasteiger partial charge in [0.25, 0.3) is 5.91 Å². The number of oxazole rings is 1. The summed E-state index contributed by atoms with van der Waals surface area (Å²) in [5.41, 5.74) is 2.22. The quantitative estimate of drug-likeness (QED) is 0.606. The summed E-state index contributed by atoms with van der Waals surface area (Å²) in [6.07, 6.45) is 7.41. The van der Waals surface area contributed by atoms with Crippen LogP contribution in [0.4, 0.5) is 0 Å². The maximum absolute atomic E-state index is 12.9. The lowest BCUT2D eigenvalue weighted by Gasteiger charge is -2.23. The summed E-state index contributed by atoms with van der Waals surface area (Å²) >= 11 is 0. The maximum atomic E-state index is 12.9. The molecule has 1 fully saturated rings. The van der Waals surface area contributed by atoms with Crippen molar-refractivity contribution in [3.8, 4) is 28.5 Å². The van der Waals surface area contributed by atoms with Gasteiger partial charge in [0.1, 0.15) is 5.75 Å². The molecule has 4 rings (SSSR count). The number of amides is 1. The lowest BCUT2D eigenvalue weighted by atomic mass is 9.95. The van der Waals surface area contributed by atoms with Crippen LogP contribution in [0.25, 0.3) is 22.8 Å². The third-order valence-electron chi connectivity index (χ3n) is 5.30. The first-order chi connectivity index (χ1) is 14.2. The molecule has 1 heterocycles. The topological polar surface area (TPSA) is 64.4 Å². The molecule has 1 aliphatic carbocycles. The Bertz CT molecular complexity index is 956. The highest BCUT2D eigenvalue weighted by molar-refractivity contribution is 6.00. The van der Waals surface area contributed by atoms with Crippen molar-refractivity contribution in [3.63, 3.8) is 0 Å². The van der Waals surface area contributed by atoms with E-state index < -0.39 is 0 Å². The summed E-state index contributed by atoms with van der Waals surface area (Å²) in [5.74, 6) is 1.86. The molecule has 0 unspecified atom stereocenters. The number of nitrogens with zero attached hydrogens (tertiary/aromatic N) is 1. The van der Waals surface area contributed by atoms with E-state index in [1.807, 2.05) is 55.5 Å². The Labute approximate surface area is 171 Å². The van der Waals surface area contributed by atoms with Gasteiger partial charge in [0.2, 0.25) is 5.89 Å². The monoisotopic (exact) mass is 390 g/mol. The fourth-order valence-electron chi connectivity index (χ4n) is 3.79. The van der Waals surface area contributed by atoms with Crippen molar-refractivity contribution in [2.75, 3.05) is 6.61 Å². The van der Waals surface area contributed by atoms with E-state index in [0.29, 0.717) is 29.4 Å². The van der Waals surface area contributed by atoms with E-state index >= 15 is 0 Å². The minimum Gasteiger partial charge on any atom is -0.494 e. The van der Waals surface area contributed by atoms with Crippen LogP contribution in [0, 0.1) is 0 Å². The molecule has 3 aromatic rings. The Kier molecular flexibility index (Phi) is 5.94. The Morgan fingerprint density at radius 1 is 1.10 bits per heavy atom. The van der Waals surface area contributed by atoms with Gasteiger partial charge in [-0.25, -0.2) is 4.98 Å². The van der Waals surface area contributed by atoms with E-state index in [4.69, 9.17) is 9.15 Å². The van der Waals surface area contributed by atoms with Crippen LogP contribution >= 0.6 is 0 Å². The summed E-state index contributed by atoms with van der Waals surface area (Å²) < 4.78 is 11.5. The van der Waals surface area contributed by atoms with Crippen LogP contribution in [0.3, 0.4) is 0 Å². The molecule has 29 heavy (non-hydrogen) atoms. The number of aromatic nitrogens is 1. The standard InChI is InChI=1S/C24H26N2O3/c1-2-28-19-14-12-17(13-15-19)22-16-25-24(29-22)21-11-7-6-10-20(21)23(27)26-18-8-4-3-5-9-18/h6-7,10-16,18H,2-5,8-9H2,1H3,(H,26,27). The van der Waals surface area contributed by atoms with Crippen molar-refractivity contribution < 1.29 is 13.9 Å². The van der Waals surface area contributed by atoms with Gasteiger partial charge in [-0.15, -0.1) is 0 Å². The van der Waals surface area contributed by atoms with Gasteiger partial charge in [-0.2, -0.15) is 0 Å². The zero-order valence-electron chi connectivity index (χ0n) is 16.7. The normalized spacial score (nSPS) is 14.5. The molecule has 0 radical (unpaired) electrons. The minimum atomic E-state index is -0.0617. The van der Waals surface area contributed by atoms with Crippen LogP contribution < -0.4 is 10.1 Å². The number of ether oxygens (including phenoxy) is 1. The highest BCUT2D eigenvalue weighted by atomic mass is 16.5. The van der Waals surface area contributed by atoms with Gasteiger partial charge in [-0.3, -0.25) is 4.79 Å². The van der Waals surface area contributed by atoms with Crippen LogP contribution in [0.1, 0.15) is 49.4 Å². The Morgan fingerprint density at radius 3 is 2.62 bits per heavy atom. The van der Waals surface area contributed by atoms with E-state index in [0.717, 1.165) is 24.2 Å². The fraction of sp³-hybridized carbons (Fsp3) is 0.333. The second kappa shape index (κ2) is 8.95. The minimum absolute atomic E-state index is 0.0617. The van der Waals surface area contributed by atoms with Crippen molar-refractivity contribution in [2.24, 2.45) is 0 Å². The van der Waals surface area contributed by atoms with Gasteiger partial charge in [-0.1, -0.05) is 31.4 Å². The van der Waals surface area contributed by atoms with Crippen LogP contribution in [-0.2, 0) is 0 Å². The molecule has 0 spiro atoms. The molecule has 2 aromatic carbocycles. The van der Waals surface area contributed by atoms with Crippen molar-refractivity contribution >= 4 is 5.91 Å². The van der Waals surface area contributed by atoms with Crippen molar-refractivity contribution in [3.05, 3.63) is 60.3 Å². The number of carbonyl (C=O) groups excluding carboxylic acids is 1. The molecule has 1 saturated carbocycles. The number of carbonyl (C=O) groups is 1. The average molecular weight is 390 g/mol. The van der Waals surface area contributed by atoms with E-state index in [9.17, 15) is 4.79 Å². The molecule has 150 valence electrons. The zero-order chi connectivity index (χ0) is 20.1. The predicted molar refractivity (Wildman–Crippen MR) is 113 cm³/mol. The molecule has 5 nitrogen and oxygen atoms in total. The van der Waals surface area contributed by atoms with Crippen molar-refractivity contribution in [1.82, 2.24) is 10.3 Å². The van der Waals surface area contributed by atoms with Gasteiger partial charge in [0, 0.05) is 17.2 Å². The smallest absolute Gasteiger partial charge is 0.252 e. The second-order valence-electron chi connectivity index (χ2n) is 7.34. The molecular weight excluding hydrogens is 364 g/mol. The highest BCUT2D eigenvalue weighted by Crippen LogP contribution is 2.29. The second-order valence-corrected chi connectivity index (χ2v) is 7.34. The molecule has 0 atom stereocenters. The summed E-state index contributed by atoms with van der Waals surface area (Å²) in [7, 11) is 0. The largest absolute Gasteiger partial charge is 0.494 e. The van der Waals surface area contributed by atoms with E-state index in [1.165, 1.54) is 19.3 Å². The SMILES string of the molecule is CCOc1ccc(-c2cnc(-c3ccccc3C(=O)NC3CCCCC3)o2)cc1. The maximum Gasteiger partial charge on any atom is 0.252 e. The van der Waals surface area contributed by atoms with Crippen molar-refractivity contribution in [2.45, 2.75) is 45.1 Å². The number of nitrogens with one attached hydrogen (secondary N) is 1. The molecule has 0 saturated heterocycles. The lowest BCUT2D eigenvalue weighted by molar-refractivity contribution is 0.0928. The molecule has 0 bridgehead atoms. The first-order valence-corrected chi connectivity index (χ1v) is 10.3. The number of benzene rings is 2. The molecule has 1 N–H and O–H groups in total. The van der Waals surface area contributed by atoms with Crippen LogP contribution in [0.2, 0.25) is 0 Å². The summed E-state index contributed by atoms with van der Waals surface area (Å²) in [4.78, 5) is 17.3. The Morgan fingerprint density at radius 2 is 1.86 bits per heavy atom. The predicted octanol–water partition coefficient (Wildman–Crippen LogP) is 5.47. The lowest BCUT2D eigenvalue weighted by Crippen LogP contribution is -2.36. The van der Waals surface area contributed by atoms with E-state index in [2.05, 4.69) is 10.3 Å². The summed E-state index contributed by atoms with van der Waals surface area (Å²) in [6, 6.07) is 15.4. The molecule has 1 aliphatic rings. The Hall–Kier alpha value is -3.08. The molecule has 0 aliphatic heterocycles. The summed E-state index contributed by atoms with van der Waals surface area (Å²) in [5, 5.41) is 3.18. The molecule has 5 heteroatoms. The molecule has 1 aromatic heterocycles. The first kappa shape index (κ1) is 19.2. The Balaban J connectivity index is 1.55. The number of hydrogen-bond donors (Lipinski definition) is 1. The number of hydrogen-bond acceptors (Lipinski definition) is 4. The van der Waals surface area contributed by atoms with Crippen molar-refractivity contribution in [1.29, 1.82) is 0 Å². The molecule has 1 amide bonds. The fourth-order valence-corrected chi connectivity index (χ4v) is 3.79. The average Bonchev–Trinajstić information content (AvgIpc) is 3.25. The van der Waals surface area contributed by atoms with Crippen LogP contribution in [0.15, 0.2) is 59.1 Å². The number of rotatable bonds is 6. The third-order valence-corrected chi connectivity index (χ3v) is 5.30. The van der Waals surface area contributed by atoms with E-state index in [1.54, 1.807) is 6.20 Å². The third kappa shape index (κ3) is 4.50. The van der Waals surface area contributed by atoms with E-state index in [-0.39, 0.29) is 11.9 Å². The van der Waals surface area contributed by atoms with Crippen LogP contribution in [0.5, 0.6) is 5.75 Å².